The van der Waals surface area contributed by atoms with Crippen molar-refractivity contribution in [2.24, 2.45) is 0 Å². The van der Waals surface area contributed by atoms with Gasteiger partial charge in [-0.25, -0.2) is 0 Å². The summed E-state index contributed by atoms with van der Waals surface area (Å²) in [5.41, 5.74) is 0. The van der Waals surface area contributed by atoms with Gasteiger partial charge in [0.1, 0.15) is 48.8 Å². The molecule has 12 unspecified atom stereocenters. The number of allylic oxidation sites excluding steroid dienone is 7. The van der Waals surface area contributed by atoms with Gasteiger partial charge in [0.25, 0.3) is 0 Å². The molecule has 1 amide bonds. The van der Waals surface area contributed by atoms with Gasteiger partial charge in [0.05, 0.1) is 32.0 Å². The molecule has 14 heteroatoms. The summed E-state index contributed by atoms with van der Waals surface area (Å²) in [5.74, 6) is -0.239. The lowest BCUT2D eigenvalue weighted by atomic mass is 9.97. The first kappa shape index (κ1) is 101. The Morgan fingerprint density at radius 1 is 0.336 bits per heavy atom. The van der Waals surface area contributed by atoms with Gasteiger partial charge in [0, 0.05) is 6.42 Å². The maximum absolute atomic E-state index is 13.4. The summed E-state index contributed by atoms with van der Waals surface area (Å²) >= 11 is 0. The van der Waals surface area contributed by atoms with Crippen LogP contribution in [0.3, 0.4) is 0 Å². The molecule has 14 nitrogen and oxygen atoms in total. The topological polar surface area (TPSA) is 228 Å². The molecule has 0 radical (unpaired) electrons. The molecule has 107 heavy (non-hydrogen) atoms. The molecule has 0 saturated carbocycles. The minimum Gasteiger partial charge on any atom is -0.394 e. The first-order chi connectivity index (χ1) is 52.6. The molecule has 0 aromatic heterocycles. The van der Waals surface area contributed by atoms with Crippen molar-refractivity contribution in [2.45, 2.75) is 518 Å². The fraction of sp³-hybridized carbons (Fsp3) is 0.903. The van der Waals surface area contributed by atoms with Crippen molar-refractivity contribution in [3.63, 3.8) is 0 Å². The van der Waals surface area contributed by atoms with E-state index in [-0.39, 0.29) is 18.9 Å². The molecule has 630 valence electrons. The van der Waals surface area contributed by atoms with E-state index in [1.54, 1.807) is 6.08 Å². The predicted octanol–water partition coefficient (Wildman–Crippen LogP) is 22.9. The van der Waals surface area contributed by atoms with Crippen LogP contribution in [0.15, 0.2) is 48.6 Å². The maximum Gasteiger partial charge on any atom is 0.220 e. The van der Waals surface area contributed by atoms with Crippen LogP contribution < -0.4 is 5.32 Å². The van der Waals surface area contributed by atoms with Gasteiger partial charge in [0.15, 0.2) is 12.6 Å². The molecule has 0 aromatic carbocycles. The number of carbonyl (C=O) groups excluding carboxylic acids is 1. The lowest BCUT2D eigenvalue weighted by molar-refractivity contribution is -0.359. The molecule has 2 fully saturated rings. The summed E-state index contributed by atoms with van der Waals surface area (Å²) in [5, 5.41) is 87.9. The highest BCUT2D eigenvalue weighted by molar-refractivity contribution is 5.76. The fourth-order valence-electron chi connectivity index (χ4n) is 15.5. The van der Waals surface area contributed by atoms with E-state index < -0.39 is 86.8 Å². The number of rotatable bonds is 80. The molecule has 0 aromatic rings. The van der Waals surface area contributed by atoms with Crippen LogP contribution in [0, 0.1) is 0 Å². The summed E-state index contributed by atoms with van der Waals surface area (Å²) in [6.07, 6.45) is 88.2. The van der Waals surface area contributed by atoms with Crippen LogP contribution in [-0.2, 0) is 23.7 Å². The number of nitrogens with one attached hydrogen (secondary N) is 1. The standard InChI is InChI=1S/C93H175NO13/c1-3-5-7-9-11-13-15-17-19-21-23-25-27-29-31-33-35-37-38-39-40-41-42-43-44-45-47-49-51-53-55-57-59-61-63-65-67-69-71-73-75-77-85(98)94-81(80-104-92-90(103)88(101)91(84(79-96)106-92)107-93-89(102)87(100)86(99)83(78-95)105-93)82(97)76-74-72-70-68-66-64-62-60-58-56-54-52-50-48-46-36-34-32-30-28-26-24-22-20-18-16-14-12-10-8-6-4-2/h15,17,21,23,66,68,74,76,81-84,86-93,95-97,99-103H,3-14,16,18-20,22,24-65,67,69-73,75,77-80H2,1-2H3,(H,94,98)/b17-15-,23-21-,68-66+,76-74+. The number of aliphatic hydroxyl groups is 8. The van der Waals surface area contributed by atoms with Crippen molar-refractivity contribution >= 4 is 5.91 Å². The highest BCUT2D eigenvalue weighted by atomic mass is 16.7. The summed E-state index contributed by atoms with van der Waals surface area (Å²) in [6, 6.07) is -0.933. The van der Waals surface area contributed by atoms with E-state index in [1.807, 2.05) is 6.08 Å². The summed E-state index contributed by atoms with van der Waals surface area (Å²) < 4.78 is 23.0. The van der Waals surface area contributed by atoms with Crippen molar-refractivity contribution in [2.75, 3.05) is 19.8 Å². The van der Waals surface area contributed by atoms with Crippen molar-refractivity contribution < 1.29 is 64.6 Å². The second kappa shape index (κ2) is 76.6. The van der Waals surface area contributed by atoms with Gasteiger partial charge in [-0.05, 0) is 64.2 Å². The Morgan fingerprint density at radius 3 is 0.972 bits per heavy atom. The Balaban J connectivity index is 1.55. The van der Waals surface area contributed by atoms with E-state index in [9.17, 15) is 45.6 Å². The molecule has 2 aliphatic rings. The molecule has 2 rings (SSSR count). The molecule has 0 bridgehead atoms. The van der Waals surface area contributed by atoms with Crippen molar-refractivity contribution in [3.05, 3.63) is 48.6 Å². The Bertz CT molecular complexity index is 1990. The van der Waals surface area contributed by atoms with E-state index in [4.69, 9.17) is 18.9 Å². The lowest BCUT2D eigenvalue weighted by Gasteiger charge is -2.46. The minimum atomic E-state index is -1.79. The normalized spacial score (nSPS) is 21.4. The zero-order valence-corrected chi connectivity index (χ0v) is 69.7. The Labute approximate surface area is 658 Å². The minimum absolute atomic E-state index is 0.239. The SMILES string of the molecule is CCCCCCC/C=C\C/C=C\CCCCCCCCCCCCCCCCCCCCCCCCCCCCCCCC(=O)NC(COC1OC(CO)C(OC2OC(CO)C(O)C(O)C2O)C(O)C1O)C(O)/C=C/CC/C=C/CCCCCCCCCCCCCCCCCCCCCCCCCCCC. The smallest absolute Gasteiger partial charge is 0.220 e. The number of carbonyl (C=O) groups is 1. The van der Waals surface area contributed by atoms with Crippen LogP contribution in [0.25, 0.3) is 0 Å². The average molecular weight is 1520 g/mol. The number of unbranched alkanes of at least 4 members (excludes halogenated alkanes) is 61. The van der Waals surface area contributed by atoms with E-state index in [1.165, 1.54) is 372 Å². The molecule has 2 heterocycles. The molecule has 2 aliphatic heterocycles. The van der Waals surface area contributed by atoms with Gasteiger partial charge in [-0.3, -0.25) is 4.79 Å². The number of amides is 1. The Morgan fingerprint density at radius 2 is 0.626 bits per heavy atom. The third-order valence-corrected chi connectivity index (χ3v) is 22.7. The number of hydrogen-bond donors (Lipinski definition) is 9. The molecule has 0 aliphatic carbocycles. The highest BCUT2D eigenvalue weighted by Crippen LogP contribution is 2.31. The van der Waals surface area contributed by atoms with Crippen molar-refractivity contribution in [1.82, 2.24) is 5.32 Å². The van der Waals surface area contributed by atoms with Crippen LogP contribution >= 0.6 is 0 Å². The second-order valence-corrected chi connectivity index (χ2v) is 32.8. The Kier molecular flexibility index (Phi) is 72.3. The summed E-state index contributed by atoms with van der Waals surface area (Å²) in [4.78, 5) is 13.4. The van der Waals surface area contributed by atoms with E-state index in [2.05, 4.69) is 55.6 Å². The van der Waals surface area contributed by atoms with Crippen LogP contribution in [0.4, 0.5) is 0 Å². The van der Waals surface area contributed by atoms with Gasteiger partial charge in [-0.15, -0.1) is 0 Å². The highest BCUT2D eigenvalue weighted by Gasteiger charge is 2.51. The predicted molar refractivity (Wildman–Crippen MR) is 448 cm³/mol. The molecule has 0 spiro atoms. The van der Waals surface area contributed by atoms with Gasteiger partial charge in [-0.2, -0.15) is 0 Å². The van der Waals surface area contributed by atoms with Gasteiger partial charge < -0.3 is 65.1 Å². The fourth-order valence-corrected chi connectivity index (χ4v) is 15.5. The molecule has 9 N–H and O–H groups in total. The van der Waals surface area contributed by atoms with Gasteiger partial charge in [0.2, 0.25) is 5.91 Å². The first-order valence-electron chi connectivity index (χ1n) is 46.4. The third kappa shape index (κ3) is 58.5. The molecule has 12 atom stereocenters. The maximum atomic E-state index is 13.4. The summed E-state index contributed by atoms with van der Waals surface area (Å²) in [6.45, 7) is 2.85. The second-order valence-electron chi connectivity index (χ2n) is 32.8. The van der Waals surface area contributed by atoms with Gasteiger partial charge in [-0.1, -0.05) is 422 Å². The molecular formula is C93H175NO13. The lowest BCUT2D eigenvalue weighted by Crippen LogP contribution is -2.65. The van der Waals surface area contributed by atoms with Crippen LogP contribution in [0.2, 0.25) is 0 Å². The third-order valence-electron chi connectivity index (χ3n) is 22.7. The summed E-state index contributed by atoms with van der Waals surface area (Å²) in [7, 11) is 0. The van der Waals surface area contributed by atoms with E-state index in [0.29, 0.717) is 12.8 Å². The monoisotopic (exact) mass is 1510 g/mol. The van der Waals surface area contributed by atoms with E-state index >= 15 is 0 Å². The quantitative estimate of drug-likeness (QED) is 0.0204. The number of hydrogen-bond acceptors (Lipinski definition) is 13. The van der Waals surface area contributed by atoms with Crippen molar-refractivity contribution in [3.8, 4) is 0 Å². The zero-order chi connectivity index (χ0) is 77.2. The molecule has 2 saturated heterocycles. The van der Waals surface area contributed by atoms with Crippen molar-refractivity contribution in [1.29, 1.82) is 0 Å². The average Bonchev–Trinajstić information content (AvgIpc) is 0.789. The number of aliphatic hydroxyl groups excluding tert-OH is 8. The van der Waals surface area contributed by atoms with Gasteiger partial charge >= 0.3 is 0 Å². The van der Waals surface area contributed by atoms with Crippen LogP contribution in [-0.4, -0.2) is 140 Å². The Hall–Kier alpha value is -2.05. The molecular weight excluding hydrogens is 1340 g/mol. The van der Waals surface area contributed by atoms with E-state index in [0.717, 1.165) is 38.5 Å². The number of ether oxygens (including phenoxy) is 4. The first-order valence-corrected chi connectivity index (χ1v) is 46.4. The zero-order valence-electron chi connectivity index (χ0n) is 69.7. The van der Waals surface area contributed by atoms with Crippen LogP contribution in [0.1, 0.15) is 444 Å². The largest absolute Gasteiger partial charge is 0.394 e. The van der Waals surface area contributed by atoms with Crippen LogP contribution in [0.5, 0.6) is 0 Å².